The van der Waals surface area contributed by atoms with Crippen LogP contribution in [0.25, 0.3) is 0 Å². The first-order chi connectivity index (χ1) is 9.56. The predicted octanol–water partition coefficient (Wildman–Crippen LogP) is 3.93. The molecule has 0 spiro atoms. The Morgan fingerprint density at radius 1 is 1.35 bits per heavy atom. The van der Waals surface area contributed by atoms with Gasteiger partial charge >= 0.3 is 5.97 Å². The maximum Gasteiger partial charge on any atom is 0.310 e. The molecule has 106 valence electrons. The SMILES string of the molecule is C=C1C=CC(C(C)C)CC1OC(=O)Cc1ccccc1. The number of hydrogen-bond donors (Lipinski definition) is 0. The first-order valence-corrected chi connectivity index (χ1v) is 7.16. The maximum absolute atomic E-state index is 12.0. The monoisotopic (exact) mass is 270 g/mol. The van der Waals surface area contributed by atoms with Crippen LogP contribution in [0.15, 0.2) is 54.6 Å². The zero-order valence-corrected chi connectivity index (χ0v) is 12.2. The summed E-state index contributed by atoms with van der Waals surface area (Å²) in [4.78, 5) is 12.0. The van der Waals surface area contributed by atoms with Crippen molar-refractivity contribution in [3.8, 4) is 0 Å². The molecule has 1 aliphatic carbocycles. The topological polar surface area (TPSA) is 26.3 Å². The van der Waals surface area contributed by atoms with Crippen molar-refractivity contribution in [1.82, 2.24) is 0 Å². The van der Waals surface area contributed by atoms with E-state index in [2.05, 4.69) is 26.5 Å². The number of benzene rings is 1. The predicted molar refractivity (Wildman–Crippen MR) is 81.3 cm³/mol. The third-order valence-corrected chi connectivity index (χ3v) is 3.78. The van der Waals surface area contributed by atoms with E-state index >= 15 is 0 Å². The van der Waals surface area contributed by atoms with Gasteiger partial charge in [0.2, 0.25) is 0 Å². The molecule has 1 aromatic carbocycles. The maximum atomic E-state index is 12.0. The van der Waals surface area contributed by atoms with Crippen molar-refractivity contribution in [2.24, 2.45) is 11.8 Å². The van der Waals surface area contributed by atoms with E-state index in [-0.39, 0.29) is 12.1 Å². The molecule has 0 aromatic heterocycles. The molecule has 2 nitrogen and oxygen atoms in total. The minimum atomic E-state index is -0.180. The van der Waals surface area contributed by atoms with Crippen LogP contribution in [-0.2, 0) is 16.0 Å². The molecule has 1 aliphatic rings. The van der Waals surface area contributed by atoms with Crippen molar-refractivity contribution in [2.75, 3.05) is 0 Å². The third kappa shape index (κ3) is 3.83. The van der Waals surface area contributed by atoms with Crippen LogP contribution in [0.1, 0.15) is 25.8 Å². The van der Waals surface area contributed by atoms with Crippen LogP contribution in [0.2, 0.25) is 0 Å². The summed E-state index contributed by atoms with van der Waals surface area (Å²) >= 11 is 0. The number of rotatable bonds is 4. The summed E-state index contributed by atoms with van der Waals surface area (Å²) in [5, 5.41) is 0. The second-order valence-electron chi connectivity index (χ2n) is 5.72. The van der Waals surface area contributed by atoms with E-state index in [9.17, 15) is 4.79 Å². The summed E-state index contributed by atoms with van der Waals surface area (Å²) in [7, 11) is 0. The Kier molecular flexibility index (Phi) is 4.78. The average Bonchev–Trinajstić information content (AvgIpc) is 2.42. The quantitative estimate of drug-likeness (QED) is 0.775. The van der Waals surface area contributed by atoms with Gasteiger partial charge in [-0.15, -0.1) is 0 Å². The van der Waals surface area contributed by atoms with Gasteiger partial charge in [-0.05, 0) is 29.4 Å². The van der Waals surface area contributed by atoms with E-state index in [1.54, 1.807) is 0 Å². The molecule has 0 aliphatic heterocycles. The van der Waals surface area contributed by atoms with Gasteiger partial charge in [0.25, 0.3) is 0 Å². The molecule has 0 bridgehead atoms. The Morgan fingerprint density at radius 3 is 2.70 bits per heavy atom. The fourth-order valence-electron chi connectivity index (χ4n) is 2.41. The van der Waals surface area contributed by atoms with Gasteiger partial charge in [0.05, 0.1) is 6.42 Å². The lowest BCUT2D eigenvalue weighted by Gasteiger charge is -2.28. The van der Waals surface area contributed by atoms with Crippen molar-refractivity contribution in [3.63, 3.8) is 0 Å². The van der Waals surface area contributed by atoms with E-state index in [0.717, 1.165) is 17.6 Å². The highest BCUT2D eigenvalue weighted by molar-refractivity contribution is 5.73. The van der Waals surface area contributed by atoms with Crippen LogP contribution in [0.5, 0.6) is 0 Å². The van der Waals surface area contributed by atoms with Gasteiger partial charge in [0, 0.05) is 0 Å². The van der Waals surface area contributed by atoms with Gasteiger partial charge < -0.3 is 4.74 Å². The van der Waals surface area contributed by atoms with Crippen molar-refractivity contribution in [2.45, 2.75) is 32.8 Å². The van der Waals surface area contributed by atoms with Crippen LogP contribution >= 0.6 is 0 Å². The van der Waals surface area contributed by atoms with Crippen molar-refractivity contribution in [3.05, 3.63) is 60.2 Å². The lowest BCUT2D eigenvalue weighted by molar-refractivity contribution is -0.147. The second-order valence-corrected chi connectivity index (χ2v) is 5.72. The molecule has 0 saturated heterocycles. The smallest absolute Gasteiger partial charge is 0.310 e. The van der Waals surface area contributed by atoms with E-state index in [1.165, 1.54) is 0 Å². The first-order valence-electron chi connectivity index (χ1n) is 7.16. The third-order valence-electron chi connectivity index (χ3n) is 3.78. The van der Waals surface area contributed by atoms with E-state index in [4.69, 9.17) is 4.74 Å². The molecule has 0 amide bonds. The van der Waals surface area contributed by atoms with E-state index in [1.807, 2.05) is 36.4 Å². The lowest BCUT2D eigenvalue weighted by Crippen LogP contribution is -2.27. The molecule has 2 unspecified atom stereocenters. The molecular formula is C18H22O2. The van der Waals surface area contributed by atoms with E-state index < -0.39 is 0 Å². The normalized spacial score (nSPS) is 22.1. The van der Waals surface area contributed by atoms with Crippen LogP contribution in [0.3, 0.4) is 0 Å². The highest BCUT2D eigenvalue weighted by Gasteiger charge is 2.25. The minimum Gasteiger partial charge on any atom is -0.457 e. The molecule has 2 atom stereocenters. The second kappa shape index (κ2) is 6.56. The molecule has 0 saturated carbocycles. The number of ether oxygens (including phenoxy) is 1. The van der Waals surface area contributed by atoms with Crippen LogP contribution in [0, 0.1) is 11.8 Å². The number of esters is 1. The van der Waals surface area contributed by atoms with Gasteiger partial charge in [-0.1, -0.05) is 62.9 Å². The van der Waals surface area contributed by atoms with Gasteiger partial charge in [-0.25, -0.2) is 0 Å². The molecule has 20 heavy (non-hydrogen) atoms. The molecule has 0 fully saturated rings. The lowest BCUT2D eigenvalue weighted by atomic mass is 9.83. The van der Waals surface area contributed by atoms with Gasteiger partial charge in [-0.3, -0.25) is 4.79 Å². The van der Waals surface area contributed by atoms with Gasteiger partial charge in [0.1, 0.15) is 6.10 Å². The molecule has 2 rings (SSSR count). The Bertz CT molecular complexity index is 499. The molecule has 1 aromatic rings. The Balaban J connectivity index is 1.94. The number of hydrogen-bond acceptors (Lipinski definition) is 2. The van der Waals surface area contributed by atoms with Crippen LogP contribution in [0.4, 0.5) is 0 Å². The Morgan fingerprint density at radius 2 is 2.05 bits per heavy atom. The van der Waals surface area contributed by atoms with Crippen molar-refractivity contribution in [1.29, 1.82) is 0 Å². The Hall–Kier alpha value is -1.83. The zero-order chi connectivity index (χ0) is 14.5. The summed E-state index contributed by atoms with van der Waals surface area (Å²) in [6.07, 6.45) is 5.15. The highest BCUT2D eigenvalue weighted by Crippen LogP contribution is 2.29. The number of carbonyl (C=O) groups excluding carboxylic acids is 1. The van der Waals surface area contributed by atoms with Crippen LogP contribution < -0.4 is 0 Å². The largest absolute Gasteiger partial charge is 0.457 e. The van der Waals surface area contributed by atoms with Crippen molar-refractivity contribution < 1.29 is 9.53 Å². The molecule has 0 N–H and O–H groups in total. The minimum absolute atomic E-state index is 0.177. The fraction of sp³-hybridized carbons (Fsp3) is 0.389. The number of allylic oxidation sites excluding steroid dienone is 1. The summed E-state index contributed by atoms with van der Waals surface area (Å²) in [6.45, 7) is 8.36. The van der Waals surface area contributed by atoms with Crippen LogP contribution in [-0.4, -0.2) is 12.1 Å². The standard InChI is InChI=1S/C18H22O2/c1-13(2)16-10-9-14(3)17(12-16)20-18(19)11-15-7-5-4-6-8-15/h4-10,13,16-17H,3,11-12H2,1-2H3. The van der Waals surface area contributed by atoms with Gasteiger partial charge in [0.15, 0.2) is 0 Å². The highest BCUT2D eigenvalue weighted by atomic mass is 16.5. The van der Waals surface area contributed by atoms with Gasteiger partial charge in [-0.2, -0.15) is 0 Å². The zero-order valence-electron chi connectivity index (χ0n) is 12.2. The van der Waals surface area contributed by atoms with E-state index in [0.29, 0.717) is 18.3 Å². The van der Waals surface area contributed by atoms with Crippen molar-refractivity contribution >= 4 is 5.97 Å². The molecule has 2 heteroatoms. The Labute approximate surface area is 121 Å². The summed E-state index contributed by atoms with van der Waals surface area (Å²) < 4.78 is 5.60. The molecular weight excluding hydrogens is 248 g/mol. The fourth-order valence-corrected chi connectivity index (χ4v) is 2.41. The summed E-state index contributed by atoms with van der Waals surface area (Å²) in [6, 6.07) is 9.68. The summed E-state index contributed by atoms with van der Waals surface area (Å²) in [5.74, 6) is 0.824. The molecule has 0 heterocycles. The number of carbonyl (C=O) groups is 1. The summed E-state index contributed by atoms with van der Waals surface area (Å²) in [5.41, 5.74) is 1.87. The first kappa shape index (κ1) is 14.6. The molecule has 0 radical (unpaired) electrons. The average molecular weight is 270 g/mol.